The van der Waals surface area contributed by atoms with E-state index in [4.69, 9.17) is 0 Å². The number of allylic oxidation sites excluding steroid dienone is 2. The molecule has 0 aliphatic carbocycles. The third-order valence-electron chi connectivity index (χ3n) is 3.40. The normalized spacial score (nSPS) is 16.6. The molecule has 29 heavy (non-hydrogen) atoms. The average molecular weight is 474 g/mol. The van der Waals surface area contributed by atoms with Crippen LogP contribution in [0.3, 0.4) is 0 Å². The molecule has 0 aromatic rings. The van der Waals surface area contributed by atoms with Gasteiger partial charge in [0.05, 0.1) is 0 Å². The van der Waals surface area contributed by atoms with Gasteiger partial charge in [0.2, 0.25) is 0 Å². The molecular weight excluding hydrogens is 467 g/mol. The Morgan fingerprint density at radius 1 is 0.448 bits per heavy atom. The highest BCUT2D eigenvalue weighted by Crippen LogP contribution is 2.64. The van der Waals surface area contributed by atoms with Crippen molar-refractivity contribution >= 4 is 0 Å². The fourth-order valence-electron chi connectivity index (χ4n) is 1.59. The minimum Gasteiger partial charge on any atom is -0.199 e. The van der Waals surface area contributed by atoms with E-state index in [0.717, 1.165) is 6.92 Å². The second-order valence-electron chi connectivity index (χ2n) is 5.42. The summed E-state index contributed by atoms with van der Waals surface area (Å²) in [5.74, 6) is -55.9. The lowest BCUT2D eigenvalue weighted by atomic mass is 9.88. The van der Waals surface area contributed by atoms with Crippen molar-refractivity contribution < 1.29 is 74.6 Å². The van der Waals surface area contributed by atoms with E-state index in [1.807, 2.05) is 0 Å². The molecule has 0 N–H and O–H groups in total. The maximum atomic E-state index is 13.3. The van der Waals surface area contributed by atoms with Crippen LogP contribution in [0.15, 0.2) is 12.2 Å². The van der Waals surface area contributed by atoms with Gasteiger partial charge in [0, 0.05) is 6.42 Å². The number of halogens is 17. The van der Waals surface area contributed by atoms with Crippen molar-refractivity contribution in [2.24, 2.45) is 0 Å². The Hall–Kier alpha value is -1.45. The molecule has 0 saturated heterocycles. The van der Waals surface area contributed by atoms with Gasteiger partial charge < -0.3 is 0 Å². The number of hydrogen-bond acceptors (Lipinski definition) is 0. The fraction of sp³-hybridized carbons (Fsp3) is 0.833. The zero-order valence-electron chi connectivity index (χ0n) is 13.3. The smallest absolute Gasteiger partial charge is 0.199 e. The van der Waals surface area contributed by atoms with Gasteiger partial charge in [0.25, 0.3) is 0 Å². The van der Waals surface area contributed by atoms with Gasteiger partial charge in [-0.2, -0.15) is 74.6 Å². The molecule has 0 heterocycles. The van der Waals surface area contributed by atoms with Gasteiger partial charge >= 0.3 is 47.6 Å². The minimum atomic E-state index is -8.58. The predicted octanol–water partition coefficient (Wildman–Crippen LogP) is 6.96. The first-order valence-electron chi connectivity index (χ1n) is 6.64. The first kappa shape index (κ1) is 27.5. The second-order valence-corrected chi connectivity index (χ2v) is 5.42. The first-order valence-corrected chi connectivity index (χ1v) is 6.64. The SMILES string of the molecule is C/C=C/CC(F)(F)C(F)(F)C(F)(F)C(F)(F)C(F)(F)C(F)(F)C(F)(F)C(F)(F)F. The fourth-order valence-corrected chi connectivity index (χ4v) is 1.59. The number of hydrogen-bond donors (Lipinski definition) is 0. The molecule has 0 atom stereocenters. The molecule has 0 amide bonds. The van der Waals surface area contributed by atoms with E-state index in [0.29, 0.717) is 6.08 Å². The lowest BCUT2D eigenvalue weighted by molar-refractivity contribution is -0.461. The van der Waals surface area contributed by atoms with E-state index >= 15 is 0 Å². The Morgan fingerprint density at radius 3 is 1.00 bits per heavy atom. The monoisotopic (exact) mass is 474 g/mol. The number of rotatable bonds is 8. The summed E-state index contributed by atoms with van der Waals surface area (Å²) in [4.78, 5) is 0. The Labute approximate surface area is 149 Å². The maximum absolute atomic E-state index is 13.3. The van der Waals surface area contributed by atoms with Crippen molar-refractivity contribution in [2.75, 3.05) is 0 Å². The van der Waals surface area contributed by atoms with Gasteiger partial charge in [-0.1, -0.05) is 12.2 Å². The Balaban J connectivity index is 6.65. The lowest BCUT2D eigenvalue weighted by Crippen LogP contribution is -2.74. The van der Waals surface area contributed by atoms with E-state index < -0.39 is 54.1 Å². The predicted molar refractivity (Wildman–Crippen MR) is 60.1 cm³/mol. The summed E-state index contributed by atoms with van der Waals surface area (Å²) in [7, 11) is 0. The van der Waals surface area contributed by atoms with Crippen LogP contribution in [-0.4, -0.2) is 47.6 Å². The quantitative estimate of drug-likeness (QED) is 0.264. The van der Waals surface area contributed by atoms with Gasteiger partial charge in [-0.05, 0) is 6.92 Å². The van der Waals surface area contributed by atoms with Crippen molar-refractivity contribution in [3.63, 3.8) is 0 Å². The molecule has 0 aromatic heterocycles. The third kappa shape index (κ3) is 3.61. The molecular formula is C12H7F17. The summed E-state index contributed by atoms with van der Waals surface area (Å²) in [6, 6.07) is 0. The summed E-state index contributed by atoms with van der Waals surface area (Å²) in [5.41, 5.74) is 0. The molecule has 0 radical (unpaired) electrons. The topological polar surface area (TPSA) is 0 Å². The average Bonchev–Trinajstić information content (AvgIpc) is 2.50. The molecule has 0 aliphatic heterocycles. The van der Waals surface area contributed by atoms with Crippen LogP contribution in [0.2, 0.25) is 0 Å². The van der Waals surface area contributed by atoms with Crippen LogP contribution in [0.25, 0.3) is 0 Å². The lowest BCUT2D eigenvalue weighted by Gasteiger charge is -2.42. The maximum Gasteiger partial charge on any atom is 0.460 e. The molecule has 0 fully saturated rings. The standard InChI is InChI=1S/C12H7F17/c1-2-3-4-5(13,14)6(15,16)7(17,18)8(19,20)9(21,22)10(23,24)11(25,26)12(27,28)29/h2-3H,4H2,1H3/b3-2+. The molecule has 0 nitrogen and oxygen atoms in total. The van der Waals surface area contributed by atoms with Crippen molar-refractivity contribution in [1.82, 2.24) is 0 Å². The van der Waals surface area contributed by atoms with E-state index in [-0.39, 0.29) is 6.08 Å². The van der Waals surface area contributed by atoms with Crippen LogP contribution in [0, 0.1) is 0 Å². The van der Waals surface area contributed by atoms with Crippen molar-refractivity contribution in [1.29, 1.82) is 0 Å². The summed E-state index contributed by atoms with van der Waals surface area (Å²) in [5, 5.41) is 0. The Morgan fingerprint density at radius 2 is 0.724 bits per heavy atom. The summed E-state index contributed by atoms with van der Waals surface area (Å²) < 4.78 is 218. The molecule has 0 bridgehead atoms. The number of alkyl halides is 17. The van der Waals surface area contributed by atoms with E-state index in [1.54, 1.807) is 0 Å². The largest absolute Gasteiger partial charge is 0.460 e. The van der Waals surface area contributed by atoms with Gasteiger partial charge in [-0.25, -0.2) is 0 Å². The summed E-state index contributed by atoms with van der Waals surface area (Å²) >= 11 is 0. The van der Waals surface area contributed by atoms with E-state index in [2.05, 4.69) is 0 Å². The first-order chi connectivity index (χ1) is 12.3. The molecule has 0 saturated carbocycles. The van der Waals surface area contributed by atoms with Gasteiger partial charge in [-0.3, -0.25) is 0 Å². The summed E-state index contributed by atoms with van der Waals surface area (Å²) in [6.07, 6.45) is -9.88. The Bertz CT molecular complexity index is 608. The highest BCUT2D eigenvalue weighted by Gasteiger charge is 2.95. The van der Waals surface area contributed by atoms with Gasteiger partial charge in [0.1, 0.15) is 0 Å². The summed E-state index contributed by atoms with van der Waals surface area (Å²) in [6.45, 7) is 0.814. The van der Waals surface area contributed by atoms with Crippen LogP contribution in [0.5, 0.6) is 0 Å². The van der Waals surface area contributed by atoms with E-state index in [1.165, 1.54) is 0 Å². The zero-order valence-corrected chi connectivity index (χ0v) is 13.3. The van der Waals surface area contributed by atoms with Gasteiger partial charge in [0.15, 0.2) is 0 Å². The Kier molecular flexibility index (Phi) is 6.71. The van der Waals surface area contributed by atoms with Crippen LogP contribution < -0.4 is 0 Å². The molecule has 0 aliphatic rings. The highest BCUT2D eigenvalue weighted by molar-refractivity contribution is 5.15. The van der Waals surface area contributed by atoms with Crippen molar-refractivity contribution in [3.05, 3.63) is 12.2 Å². The van der Waals surface area contributed by atoms with Crippen LogP contribution in [0.1, 0.15) is 13.3 Å². The van der Waals surface area contributed by atoms with Gasteiger partial charge in [-0.15, -0.1) is 0 Å². The van der Waals surface area contributed by atoms with Crippen LogP contribution in [-0.2, 0) is 0 Å². The van der Waals surface area contributed by atoms with E-state index in [9.17, 15) is 74.6 Å². The molecule has 0 aromatic carbocycles. The second kappa shape index (κ2) is 7.06. The van der Waals surface area contributed by atoms with Crippen LogP contribution in [0.4, 0.5) is 74.6 Å². The third-order valence-corrected chi connectivity index (χ3v) is 3.40. The molecule has 0 rings (SSSR count). The molecule has 17 heteroatoms. The highest BCUT2D eigenvalue weighted by atomic mass is 19.4. The molecule has 0 spiro atoms. The van der Waals surface area contributed by atoms with Crippen LogP contribution >= 0.6 is 0 Å². The minimum absolute atomic E-state index is 0.0628. The molecule has 0 unspecified atom stereocenters. The van der Waals surface area contributed by atoms with Crippen molar-refractivity contribution in [3.8, 4) is 0 Å². The molecule has 174 valence electrons. The van der Waals surface area contributed by atoms with Crippen molar-refractivity contribution in [2.45, 2.75) is 61.0 Å². The zero-order chi connectivity index (χ0) is 24.1.